The first kappa shape index (κ1) is 19.3. The number of hydrogen-bond acceptors (Lipinski definition) is 4. The standard InChI is InChI=1S/C20H14Cl2N2O2S2/c21-15-2-1-3-16(22)14(15)11-27-26-13-4-5-18-17(9-13)24-20(25)19(28-18)8-12-6-7-23-10-12/h1-10,23H,11H2,(H,24,25)/b19-8-. The highest BCUT2D eigenvalue weighted by Crippen LogP contribution is 2.41. The van der Waals surface area contributed by atoms with Gasteiger partial charge in [0.15, 0.2) is 0 Å². The lowest BCUT2D eigenvalue weighted by molar-refractivity contribution is -0.112. The second kappa shape index (κ2) is 8.57. The Morgan fingerprint density at radius 3 is 2.71 bits per heavy atom. The van der Waals surface area contributed by atoms with Gasteiger partial charge >= 0.3 is 0 Å². The van der Waals surface area contributed by atoms with Gasteiger partial charge in [0.05, 0.1) is 28.4 Å². The molecule has 0 unspecified atom stereocenters. The zero-order valence-corrected chi connectivity index (χ0v) is 17.5. The Bertz CT molecular complexity index is 1030. The molecule has 0 bridgehead atoms. The van der Waals surface area contributed by atoms with Gasteiger partial charge in [-0.2, -0.15) is 0 Å². The van der Waals surface area contributed by atoms with E-state index in [1.165, 1.54) is 23.8 Å². The molecule has 142 valence electrons. The summed E-state index contributed by atoms with van der Waals surface area (Å²) in [6, 6.07) is 12.9. The number of anilines is 1. The molecule has 2 N–H and O–H groups in total. The van der Waals surface area contributed by atoms with E-state index in [1.807, 2.05) is 48.8 Å². The van der Waals surface area contributed by atoms with Gasteiger partial charge in [-0.1, -0.05) is 41.0 Å². The SMILES string of the molecule is O=C1Nc2cc(OSCc3c(Cl)cccc3Cl)ccc2S/C1=C\c1cc[nH]c1. The van der Waals surface area contributed by atoms with E-state index in [9.17, 15) is 4.79 Å². The van der Waals surface area contributed by atoms with E-state index in [4.69, 9.17) is 27.4 Å². The van der Waals surface area contributed by atoms with Gasteiger partial charge in [0.2, 0.25) is 0 Å². The quantitative estimate of drug-likeness (QED) is 0.339. The van der Waals surface area contributed by atoms with E-state index in [0.717, 1.165) is 21.7 Å². The van der Waals surface area contributed by atoms with Crippen LogP contribution in [-0.4, -0.2) is 10.9 Å². The molecule has 1 aromatic heterocycles. The van der Waals surface area contributed by atoms with Crippen LogP contribution in [0.4, 0.5) is 5.69 Å². The number of hydrogen-bond donors (Lipinski definition) is 2. The summed E-state index contributed by atoms with van der Waals surface area (Å²) in [5.41, 5.74) is 2.52. The Morgan fingerprint density at radius 2 is 1.96 bits per heavy atom. The second-order valence-electron chi connectivity index (χ2n) is 5.91. The molecule has 1 amide bonds. The van der Waals surface area contributed by atoms with Crippen molar-refractivity contribution in [3.63, 3.8) is 0 Å². The maximum atomic E-state index is 12.4. The first-order valence-electron chi connectivity index (χ1n) is 8.30. The average Bonchev–Trinajstić information content (AvgIpc) is 3.18. The average molecular weight is 449 g/mol. The molecule has 8 heteroatoms. The third kappa shape index (κ3) is 4.36. The van der Waals surface area contributed by atoms with Gasteiger partial charge in [0, 0.05) is 39.0 Å². The summed E-state index contributed by atoms with van der Waals surface area (Å²) < 4.78 is 5.75. The molecule has 2 aromatic carbocycles. The number of carbonyl (C=O) groups excluding carboxylic acids is 1. The number of aromatic nitrogens is 1. The Labute approximate surface area is 180 Å². The molecule has 0 saturated carbocycles. The highest BCUT2D eigenvalue weighted by Gasteiger charge is 2.21. The van der Waals surface area contributed by atoms with E-state index in [1.54, 1.807) is 12.1 Å². The minimum Gasteiger partial charge on any atom is -0.425 e. The predicted molar refractivity (Wildman–Crippen MR) is 118 cm³/mol. The number of halogens is 2. The molecule has 0 atom stereocenters. The number of thioether (sulfide) groups is 1. The molecular formula is C20H14Cl2N2O2S2. The summed E-state index contributed by atoms with van der Waals surface area (Å²) >= 11 is 15.0. The molecule has 0 aliphatic carbocycles. The van der Waals surface area contributed by atoms with Crippen molar-refractivity contribution in [2.75, 3.05) is 5.32 Å². The summed E-state index contributed by atoms with van der Waals surface area (Å²) in [6.07, 6.45) is 5.52. The van der Waals surface area contributed by atoms with Gasteiger partial charge in [-0.15, -0.1) is 0 Å². The largest absolute Gasteiger partial charge is 0.425 e. The molecule has 0 radical (unpaired) electrons. The summed E-state index contributed by atoms with van der Waals surface area (Å²) in [7, 11) is 0. The van der Waals surface area contributed by atoms with Crippen molar-refractivity contribution in [3.8, 4) is 5.75 Å². The topological polar surface area (TPSA) is 54.1 Å². The minimum absolute atomic E-state index is 0.133. The summed E-state index contributed by atoms with van der Waals surface area (Å²) in [5, 5.41) is 4.14. The van der Waals surface area contributed by atoms with Crippen molar-refractivity contribution in [3.05, 3.63) is 80.9 Å². The van der Waals surface area contributed by atoms with Gasteiger partial charge < -0.3 is 14.5 Å². The highest BCUT2D eigenvalue weighted by molar-refractivity contribution is 8.04. The number of H-pyrrole nitrogens is 1. The molecule has 1 aliphatic heterocycles. The van der Waals surface area contributed by atoms with Gasteiger partial charge in [0.1, 0.15) is 5.75 Å². The number of benzene rings is 2. The fourth-order valence-corrected chi connectivity index (χ4v) is 4.94. The Balaban J connectivity index is 1.44. The number of carbonyl (C=O) groups is 1. The first-order valence-corrected chi connectivity index (χ1v) is 10.8. The van der Waals surface area contributed by atoms with Crippen molar-refractivity contribution in [1.29, 1.82) is 0 Å². The molecule has 0 fully saturated rings. The molecule has 28 heavy (non-hydrogen) atoms. The Hall–Kier alpha value is -1.99. The van der Waals surface area contributed by atoms with Crippen LogP contribution < -0.4 is 9.50 Å². The van der Waals surface area contributed by atoms with Crippen molar-refractivity contribution >= 4 is 64.7 Å². The van der Waals surface area contributed by atoms with Crippen LogP contribution in [0.15, 0.2) is 64.7 Å². The van der Waals surface area contributed by atoms with Crippen molar-refractivity contribution in [2.24, 2.45) is 0 Å². The maximum absolute atomic E-state index is 12.4. The van der Waals surface area contributed by atoms with Crippen LogP contribution in [0.1, 0.15) is 11.1 Å². The summed E-state index contributed by atoms with van der Waals surface area (Å²) in [5.74, 6) is 1.03. The van der Waals surface area contributed by atoms with Crippen LogP contribution in [0, 0.1) is 0 Å². The Kier molecular flexibility index (Phi) is 5.92. The molecule has 3 aromatic rings. The lowest BCUT2D eigenvalue weighted by Gasteiger charge is -2.19. The minimum atomic E-state index is -0.133. The van der Waals surface area contributed by atoms with Crippen LogP contribution >= 0.6 is 47.0 Å². The number of rotatable bonds is 5. The molecule has 2 heterocycles. The normalized spacial score (nSPS) is 14.6. The van der Waals surface area contributed by atoms with Crippen molar-refractivity contribution < 1.29 is 8.98 Å². The highest BCUT2D eigenvalue weighted by atomic mass is 35.5. The van der Waals surface area contributed by atoms with Gasteiger partial charge in [-0.25, -0.2) is 0 Å². The van der Waals surface area contributed by atoms with Crippen LogP contribution in [0.2, 0.25) is 10.0 Å². The van der Waals surface area contributed by atoms with Crippen LogP contribution in [0.25, 0.3) is 6.08 Å². The molecule has 4 rings (SSSR count). The van der Waals surface area contributed by atoms with Crippen LogP contribution in [0.5, 0.6) is 5.75 Å². The van der Waals surface area contributed by atoms with Gasteiger partial charge in [-0.05, 0) is 42.0 Å². The van der Waals surface area contributed by atoms with Gasteiger partial charge in [0.25, 0.3) is 5.91 Å². The summed E-state index contributed by atoms with van der Waals surface area (Å²) in [6.45, 7) is 0. The van der Waals surface area contributed by atoms with Crippen molar-refractivity contribution in [1.82, 2.24) is 4.98 Å². The molecule has 0 spiro atoms. The maximum Gasteiger partial charge on any atom is 0.262 e. The van der Waals surface area contributed by atoms with E-state index < -0.39 is 0 Å². The molecule has 0 saturated heterocycles. The number of amides is 1. The lowest BCUT2D eigenvalue weighted by atomic mass is 10.2. The lowest BCUT2D eigenvalue weighted by Crippen LogP contribution is -2.17. The number of aromatic amines is 1. The van der Waals surface area contributed by atoms with E-state index in [0.29, 0.717) is 26.5 Å². The summed E-state index contributed by atoms with van der Waals surface area (Å²) in [4.78, 5) is 17.0. The van der Waals surface area contributed by atoms with Crippen molar-refractivity contribution in [2.45, 2.75) is 10.6 Å². The number of nitrogens with one attached hydrogen (secondary N) is 2. The first-order chi connectivity index (χ1) is 13.6. The third-order valence-electron chi connectivity index (χ3n) is 3.98. The zero-order chi connectivity index (χ0) is 19.5. The molecule has 4 nitrogen and oxygen atoms in total. The third-order valence-corrected chi connectivity index (χ3v) is 6.51. The predicted octanol–water partition coefficient (Wildman–Crippen LogP) is 6.63. The molecule has 1 aliphatic rings. The van der Waals surface area contributed by atoms with E-state index in [-0.39, 0.29) is 5.91 Å². The second-order valence-corrected chi connectivity index (χ2v) is 8.50. The fourth-order valence-electron chi connectivity index (χ4n) is 2.60. The van der Waals surface area contributed by atoms with E-state index in [2.05, 4.69) is 10.3 Å². The Morgan fingerprint density at radius 1 is 1.14 bits per heavy atom. The zero-order valence-electron chi connectivity index (χ0n) is 14.4. The smallest absolute Gasteiger partial charge is 0.262 e. The van der Waals surface area contributed by atoms with E-state index >= 15 is 0 Å². The van der Waals surface area contributed by atoms with Crippen LogP contribution in [-0.2, 0) is 10.5 Å². The number of fused-ring (bicyclic) bond motifs is 1. The van der Waals surface area contributed by atoms with Gasteiger partial charge in [-0.3, -0.25) is 4.79 Å². The monoisotopic (exact) mass is 448 g/mol. The van der Waals surface area contributed by atoms with Crippen LogP contribution in [0.3, 0.4) is 0 Å². The fraction of sp³-hybridized carbons (Fsp3) is 0.0500. The molecular weight excluding hydrogens is 435 g/mol.